The lowest BCUT2D eigenvalue weighted by molar-refractivity contribution is 0.541. The number of nitrogens with one attached hydrogen (secondary N) is 1. The number of anilines is 1. The summed E-state index contributed by atoms with van der Waals surface area (Å²) in [5.74, 6) is 0.339. The van der Waals surface area contributed by atoms with Gasteiger partial charge in [-0.1, -0.05) is 35.9 Å². The van der Waals surface area contributed by atoms with E-state index >= 15 is 0 Å². The number of aryl methyl sites for hydroxylation is 2. The van der Waals surface area contributed by atoms with Gasteiger partial charge in [-0.05, 0) is 49.9 Å². The highest BCUT2D eigenvalue weighted by atomic mass is 32.2. The number of nitrogens with zero attached hydrogens (tertiary/aromatic N) is 1. The molecule has 0 radical (unpaired) electrons. The summed E-state index contributed by atoms with van der Waals surface area (Å²) in [5, 5.41) is 0. The van der Waals surface area contributed by atoms with Crippen molar-refractivity contribution in [1.82, 2.24) is 4.72 Å². The minimum absolute atomic E-state index is 0.339. The SMILES string of the molecule is Cc1ccc(S(=O)(=O)NCC2CCN(c3ccccc3)C2)c(C)c1. The van der Waals surface area contributed by atoms with Crippen molar-refractivity contribution in [2.24, 2.45) is 5.92 Å². The van der Waals surface area contributed by atoms with Gasteiger partial charge in [0.15, 0.2) is 0 Å². The van der Waals surface area contributed by atoms with Crippen LogP contribution in [-0.4, -0.2) is 28.1 Å². The summed E-state index contributed by atoms with van der Waals surface area (Å²) in [4.78, 5) is 2.70. The van der Waals surface area contributed by atoms with E-state index in [1.165, 1.54) is 5.69 Å². The van der Waals surface area contributed by atoms with Crippen LogP contribution in [0.15, 0.2) is 53.4 Å². The van der Waals surface area contributed by atoms with E-state index in [4.69, 9.17) is 0 Å². The molecule has 1 saturated heterocycles. The summed E-state index contributed by atoms with van der Waals surface area (Å²) in [6, 6.07) is 15.7. The van der Waals surface area contributed by atoms with Crippen LogP contribution in [0.2, 0.25) is 0 Å². The molecule has 1 atom stereocenters. The average Bonchev–Trinajstić information content (AvgIpc) is 3.02. The van der Waals surface area contributed by atoms with Crippen molar-refractivity contribution >= 4 is 15.7 Å². The van der Waals surface area contributed by atoms with Crippen molar-refractivity contribution in [3.8, 4) is 0 Å². The molecule has 0 saturated carbocycles. The third-order valence-electron chi connectivity index (χ3n) is 4.59. The zero-order chi connectivity index (χ0) is 17.2. The van der Waals surface area contributed by atoms with Crippen LogP contribution in [-0.2, 0) is 10.0 Å². The number of sulfonamides is 1. The smallest absolute Gasteiger partial charge is 0.240 e. The summed E-state index contributed by atoms with van der Waals surface area (Å²) < 4.78 is 27.9. The summed E-state index contributed by atoms with van der Waals surface area (Å²) in [6.07, 6.45) is 1.00. The van der Waals surface area contributed by atoms with Crippen LogP contribution >= 0.6 is 0 Å². The largest absolute Gasteiger partial charge is 0.371 e. The van der Waals surface area contributed by atoms with Gasteiger partial charge in [-0.3, -0.25) is 0 Å². The molecule has 1 unspecified atom stereocenters. The van der Waals surface area contributed by atoms with Crippen LogP contribution in [0.5, 0.6) is 0 Å². The van der Waals surface area contributed by atoms with E-state index in [0.29, 0.717) is 17.4 Å². The molecule has 1 aliphatic heterocycles. The summed E-state index contributed by atoms with van der Waals surface area (Å²) in [6.45, 7) is 6.15. The Balaban J connectivity index is 1.62. The molecule has 2 aromatic carbocycles. The number of hydrogen-bond acceptors (Lipinski definition) is 3. The third kappa shape index (κ3) is 3.79. The topological polar surface area (TPSA) is 49.4 Å². The van der Waals surface area contributed by atoms with Crippen LogP contribution in [0.3, 0.4) is 0 Å². The molecule has 5 heteroatoms. The van der Waals surface area contributed by atoms with Crippen LogP contribution in [0.1, 0.15) is 17.5 Å². The molecule has 24 heavy (non-hydrogen) atoms. The Morgan fingerprint density at radius 1 is 1.12 bits per heavy atom. The van der Waals surface area contributed by atoms with E-state index in [0.717, 1.165) is 30.6 Å². The van der Waals surface area contributed by atoms with E-state index < -0.39 is 10.0 Å². The van der Waals surface area contributed by atoms with Gasteiger partial charge in [-0.2, -0.15) is 0 Å². The number of para-hydroxylation sites is 1. The zero-order valence-electron chi connectivity index (χ0n) is 14.2. The standard InChI is InChI=1S/C19H24N2O2S/c1-15-8-9-19(16(2)12-15)24(22,23)20-13-17-10-11-21(14-17)18-6-4-3-5-7-18/h3-9,12,17,20H,10-11,13-14H2,1-2H3. The first-order chi connectivity index (χ1) is 11.5. The maximum absolute atomic E-state index is 12.5. The van der Waals surface area contributed by atoms with Crippen molar-refractivity contribution in [2.75, 3.05) is 24.5 Å². The van der Waals surface area contributed by atoms with Crippen molar-refractivity contribution < 1.29 is 8.42 Å². The monoisotopic (exact) mass is 344 g/mol. The van der Waals surface area contributed by atoms with Gasteiger partial charge in [0.1, 0.15) is 0 Å². The third-order valence-corrected chi connectivity index (χ3v) is 6.17. The predicted octanol–water partition coefficient (Wildman–Crippen LogP) is 3.11. The van der Waals surface area contributed by atoms with Gasteiger partial charge in [0.25, 0.3) is 0 Å². The highest BCUT2D eigenvalue weighted by Crippen LogP contribution is 2.23. The lowest BCUT2D eigenvalue weighted by Gasteiger charge is -2.19. The molecule has 3 rings (SSSR count). The minimum atomic E-state index is -3.45. The van der Waals surface area contributed by atoms with E-state index in [1.807, 2.05) is 44.2 Å². The quantitative estimate of drug-likeness (QED) is 0.907. The molecule has 0 bridgehead atoms. The molecule has 0 spiro atoms. The van der Waals surface area contributed by atoms with Gasteiger partial charge in [0.2, 0.25) is 10.0 Å². The van der Waals surface area contributed by atoms with Gasteiger partial charge in [-0.15, -0.1) is 0 Å². The Labute approximate surface area is 144 Å². The molecular weight excluding hydrogens is 320 g/mol. The highest BCUT2D eigenvalue weighted by Gasteiger charge is 2.25. The molecule has 1 heterocycles. The Morgan fingerprint density at radius 2 is 1.88 bits per heavy atom. The molecule has 1 fully saturated rings. The van der Waals surface area contributed by atoms with Crippen molar-refractivity contribution in [3.05, 3.63) is 59.7 Å². The van der Waals surface area contributed by atoms with Gasteiger partial charge in [-0.25, -0.2) is 13.1 Å². The lowest BCUT2D eigenvalue weighted by atomic mass is 10.1. The Hall–Kier alpha value is -1.85. The minimum Gasteiger partial charge on any atom is -0.371 e. The molecule has 1 N–H and O–H groups in total. The maximum atomic E-state index is 12.5. The molecule has 0 aliphatic carbocycles. The van der Waals surface area contributed by atoms with Crippen molar-refractivity contribution in [2.45, 2.75) is 25.2 Å². The molecule has 0 aromatic heterocycles. The fourth-order valence-corrected chi connectivity index (χ4v) is 4.62. The average molecular weight is 344 g/mol. The molecule has 1 aliphatic rings. The Bertz CT molecular complexity index is 803. The van der Waals surface area contributed by atoms with E-state index in [9.17, 15) is 8.42 Å². The first-order valence-corrected chi connectivity index (χ1v) is 9.81. The van der Waals surface area contributed by atoms with Crippen LogP contribution in [0.25, 0.3) is 0 Å². The van der Waals surface area contributed by atoms with Gasteiger partial charge >= 0.3 is 0 Å². The van der Waals surface area contributed by atoms with Gasteiger partial charge in [0, 0.05) is 25.3 Å². The molecule has 0 amide bonds. The number of rotatable bonds is 5. The molecule has 2 aromatic rings. The molecular formula is C19H24N2O2S. The highest BCUT2D eigenvalue weighted by molar-refractivity contribution is 7.89. The maximum Gasteiger partial charge on any atom is 0.240 e. The Kier molecular flexibility index (Phi) is 4.92. The Morgan fingerprint density at radius 3 is 2.58 bits per heavy atom. The fraction of sp³-hybridized carbons (Fsp3) is 0.368. The van der Waals surface area contributed by atoms with E-state index in [2.05, 4.69) is 21.8 Å². The van der Waals surface area contributed by atoms with E-state index in [-0.39, 0.29) is 0 Å². The van der Waals surface area contributed by atoms with Gasteiger partial charge < -0.3 is 4.90 Å². The molecule has 4 nitrogen and oxygen atoms in total. The summed E-state index contributed by atoms with van der Waals surface area (Å²) in [5.41, 5.74) is 3.07. The second-order valence-corrected chi connectivity index (χ2v) is 8.29. The summed E-state index contributed by atoms with van der Waals surface area (Å²) in [7, 11) is -3.45. The lowest BCUT2D eigenvalue weighted by Crippen LogP contribution is -2.31. The second-order valence-electron chi connectivity index (χ2n) is 6.56. The zero-order valence-corrected chi connectivity index (χ0v) is 15.0. The van der Waals surface area contributed by atoms with E-state index in [1.54, 1.807) is 6.07 Å². The van der Waals surface area contributed by atoms with Crippen LogP contribution in [0.4, 0.5) is 5.69 Å². The molecule has 128 valence electrons. The van der Waals surface area contributed by atoms with Crippen molar-refractivity contribution in [1.29, 1.82) is 0 Å². The second kappa shape index (κ2) is 6.95. The fourth-order valence-electron chi connectivity index (χ4n) is 3.28. The van der Waals surface area contributed by atoms with Crippen LogP contribution < -0.4 is 9.62 Å². The predicted molar refractivity (Wildman–Crippen MR) is 97.9 cm³/mol. The number of benzene rings is 2. The summed E-state index contributed by atoms with van der Waals surface area (Å²) >= 11 is 0. The van der Waals surface area contributed by atoms with Crippen molar-refractivity contribution in [3.63, 3.8) is 0 Å². The van der Waals surface area contributed by atoms with Crippen LogP contribution in [0, 0.1) is 19.8 Å². The van der Waals surface area contributed by atoms with Gasteiger partial charge in [0.05, 0.1) is 4.90 Å². The first kappa shape index (κ1) is 17.0. The normalized spacial score (nSPS) is 18.1. The first-order valence-electron chi connectivity index (χ1n) is 8.32. The number of hydrogen-bond donors (Lipinski definition) is 1.